The summed E-state index contributed by atoms with van der Waals surface area (Å²) >= 11 is 0. The molecule has 0 amide bonds. The van der Waals surface area contributed by atoms with E-state index in [9.17, 15) is 0 Å². The molecule has 176 valence electrons. The molecule has 2 aromatic carbocycles. The van der Waals surface area contributed by atoms with E-state index >= 15 is 0 Å². The molecule has 1 aromatic heterocycles. The van der Waals surface area contributed by atoms with E-state index in [0.29, 0.717) is 6.10 Å². The minimum atomic E-state index is -0.0897. The molecule has 1 aliphatic rings. The van der Waals surface area contributed by atoms with Crippen molar-refractivity contribution in [3.63, 3.8) is 0 Å². The summed E-state index contributed by atoms with van der Waals surface area (Å²) in [6, 6.07) is 21.0. The fraction of sp³-hybridized carbons (Fsp3) is 0.517. The number of rotatable bonds is 7. The molecule has 1 saturated carbocycles. The van der Waals surface area contributed by atoms with Gasteiger partial charge in [-0.2, -0.15) is 0 Å². The second kappa shape index (κ2) is 13.3. The molecule has 1 heterocycles. The summed E-state index contributed by atoms with van der Waals surface area (Å²) in [5.74, 6) is 0. The van der Waals surface area contributed by atoms with Gasteiger partial charge in [0.05, 0.1) is 12.3 Å². The minimum absolute atomic E-state index is 0.0897. The summed E-state index contributed by atoms with van der Waals surface area (Å²) in [7, 11) is 0. The standard InChI is InChI=1S/C29H39N3O/c1-2-4-6-14-20-27(21-15-7-5-3-1)33-29(23-22-25-16-10-8-11-17-25)32-24-28(30-31-32)26-18-12-9-13-19-26/h8-13,16-19,24,27,29H,1-7,14-15,20-23H2. The molecule has 0 spiro atoms. The van der Waals surface area contributed by atoms with Crippen LogP contribution >= 0.6 is 0 Å². The molecule has 4 heteroatoms. The number of ether oxygens (including phenoxy) is 1. The van der Waals surface area contributed by atoms with Crippen LogP contribution in [0, 0.1) is 0 Å². The van der Waals surface area contributed by atoms with Crippen LogP contribution in [0.15, 0.2) is 66.9 Å². The van der Waals surface area contributed by atoms with Gasteiger partial charge in [-0.15, -0.1) is 5.10 Å². The van der Waals surface area contributed by atoms with Crippen LogP contribution in [-0.2, 0) is 11.2 Å². The van der Waals surface area contributed by atoms with Crippen LogP contribution in [-0.4, -0.2) is 21.1 Å². The molecule has 0 radical (unpaired) electrons. The quantitative estimate of drug-likeness (QED) is 0.373. The number of nitrogens with zero attached hydrogens (tertiary/aromatic N) is 3. The first kappa shape index (κ1) is 23.7. The van der Waals surface area contributed by atoms with E-state index in [1.807, 2.05) is 22.9 Å². The van der Waals surface area contributed by atoms with Gasteiger partial charge in [-0.25, -0.2) is 4.68 Å². The average Bonchev–Trinajstić information content (AvgIpc) is 3.35. The van der Waals surface area contributed by atoms with Crippen molar-refractivity contribution in [1.82, 2.24) is 15.0 Å². The first-order valence-corrected chi connectivity index (χ1v) is 13.0. The Kier molecular flexibility index (Phi) is 9.54. The Bertz CT molecular complexity index is 897. The molecule has 0 bridgehead atoms. The maximum atomic E-state index is 6.81. The van der Waals surface area contributed by atoms with Crippen molar-refractivity contribution in [2.45, 2.75) is 95.8 Å². The lowest BCUT2D eigenvalue weighted by Gasteiger charge is -2.25. The third-order valence-electron chi connectivity index (χ3n) is 6.80. The Hall–Kier alpha value is -2.46. The summed E-state index contributed by atoms with van der Waals surface area (Å²) in [5, 5.41) is 8.99. The highest BCUT2D eigenvalue weighted by Gasteiger charge is 2.20. The van der Waals surface area contributed by atoms with E-state index in [-0.39, 0.29) is 6.23 Å². The van der Waals surface area contributed by atoms with Crippen LogP contribution in [0.5, 0.6) is 0 Å². The van der Waals surface area contributed by atoms with Gasteiger partial charge in [0.1, 0.15) is 5.69 Å². The minimum Gasteiger partial charge on any atom is -0.353 e. The van der Waals surface area contributed by atoms with Crippen LogP contribution < -0.4 is 0 Å². The van der Waals surface area contributed by atoms with E-state index in [4.69, 9.17) is 4.74 Å². The lowest BCUT2D eigenvalue weighted by Crippen LogP contribution is -2.23. The topological polar surface area (TPSA) is 39.9 Å². The third-order valence-corrected chi connectivity index (χ3v) is 6.80. The van der Waals surface area contributed by atoms with Gasteiger partial charge in [0.15, 0.2) is 6.23 Å². The lowest BCUT2D eigenvalue weighted by atomic mass is 9.99. The molecule has 1 unspecified atom stereocenters. The van der Waals surface area contributed by atoms with Crippen molar-refractivity contribution >= 4 is 0 Å². The lowest BCUT2D eigenvalue weighted by molar-refractivity contribution is -0.0732. The predicted molar refractivity (Wildman–Crippen MR) is 135 cm³/mol. The van der Waals surface area contributed by atoms with Gasteiger partial charge in [-0.1, -0.05) is 124 Å². The molecule has 1 aliphatic carbocycles. The second-order valence-electron chi connectivity index (χ2n) is 9.45. The van der Waals surface area contributed by atoms with Crippen molar-refractivity contribution in [3.8, 4) is 11.3 Å². The molecule has 3 aromatic rings. The maximum Gasteiger partial charge on any atom is 0.152 e. The Morgan fingerprint density at radius 2 is 1.33 bits per heavy atom. The Labute approximate surface area is 199 Å². The van der Waals surface area contributed by atoms with Gasteiger partial charge in [0, 0.05) is 5.56 Å². The van der Waals surface area contributed by atoms with Crippen LogP contribution in [0.25, 0.3) is 11.3 Å². The summed E-state index contributed by atoms with van der Waals surface area (Å²) in [5.41, 5.74) is 3.34. The molecule has 0 saturated heterocycles. The molecule has 1 atom stereocenters. The first-order chi connectivity index (χ1) is 16.4. The molecule has 33 heavy (non-hydrogen) atoms. The number of aromatic nitrogens is 3. The summed E-state index contributed by atoms with van der Waals surface area (Å²) < 4.78 is 8.77. The fourth-order valence-corrected chi connectivity index (χ4v) is 4.84. The van der Waals surface area contributed by atoms with Gasteiger partial charge < -0.3 is 4.74 Å². The highest BCUT2D eigenvalue weighted by atomic mass is 16.5. The molecule has 1 fully saturated rings. The summed E-state index contributed by atoms with van der Waals surface area (Å²) in [6.45, 7) is 0. The molecular formula is C29H39N3O. The molecular weight excluding hydrogens is 406 g/mol. The molecule has 0 N–H and O–H groups in total. The fourth-order valence-electron chi connectivity index (χ4n) is 4.84. The molecule has 4 nitrogen and oxygen atoms in total. The van der Waals surface area contributed by atoms with Crippen molar-refractivity contribution in [3.05, 3.63) is 72.4 Å². The van der Waals surface area contributed by atoms with Crippen molar-refractivity contribution in [2.75, 3.05) is 0 Å². The number of aryl methyl sites for hydroxylation is 1. The van der Waals surface area contributed by atoms with Crippen LogP contribution in [0.3, 0.4) is 0 Å². The molecule has 0 aliphatic heterocycles. The zero-order valence-electron chi connectivity index (χ0n) is 19.9. The number of hydrogen-bond donors (Lipinski definition) is 0. The predicted octanol–water partition coefficient (Wildman–Crippen LogP) is 7.77. The maximum absolute atomic E-state index is 6.81. The van der Waals surface area contributed by atoms with Crippen LogP contribution in [0.1, 0.15) is 88.8 Å². The number of hydrogen-bond acceptors (Lipinski definition) is 3. The van der Waals surface area contributed by atoms with Gasteiger partial charge in [0.25, 0.3) is 0 Å². The van der Waals surface area contributed by atoms with Crippen molar-refractivity contribution in [1.29, 1.82) is 0 Å². The SMILES string of the molecule is c1ccc(CCC(OC2CCCCCCCCCCC2)n2cc(-c3ccccc3)nn2)cc1. The first-order valence-electron chi connectivity index (χ1n) is 13.0. The number of benzene rings is 2. The Morgan fingerprint density at radius 1 is 0.758 bits per heavy atom. The molecule has 4 rings (SSSR count). The van der Waals surface area contributed by atoms with E-state index < -0.39 is 0 Å². The van der Waals surface area contributed by atoms with Gasteiger partial charge in [-0.05, 0) is 31.2 Å². The van der Waals surface area contributed by atoms with E-state index in [0.717, 1.165) is 36.9 Å². The normalized spacial score (nSPS) is 17.7. The zero-order valence-corrected chi connectivity index (χ0v) is 19.9. The average molecular weight is 446 g/mol. The highest BCUT2D eigenvalue weighted by molar-refractivity contribution is 5.57. The zero-order chi connectivity index (χ0) is 22.6. The van der Waals surface area contributed by atoms with E-state index in [2.05, 4.69) is 59.0 Å². The monoisotopic (exact) mass is 445 g/mol. The van der Waals surface area contributed by atoms with Crippen LogP contribution in [0.4, 0.5) is 0 Å². The second-order valence-corrected chi connectivity index (χ2v) is 9.45. The van der Waals surface area contributed by atoms with E-state index in [1.54, 1.807) is 0 Å². The van der Waals surface area contributed by atoms with Gasteiger partial charge in [0.2, 0.25) is 0 Å². The van der Waals surface area contributed by atoms with Crippen molar-refractivity contribution < 1.29 is 4.74 Å². The Morgan fingerprint density at radius 3 is 1.97 bits per heavy atom. The third kappa shape index (κ3) is 7.82. The van der Waals surface area contributed by atoms with E-state index in [1.165, 1.54) is 63.4 Å². The summed E-state index contributed by atoms with van der Waals surface area (Å²) in [6.07, 6.45) is 18.6. The largest absolute Gasteiger partial charge is 0.353 e. The van der Waals surface area contributed by atoms with Crippen LogP contribution in [0.2, 0.25) is 0 Å². The van der Waals surface area contributed by atoms with Gasteiger partial charge in [-0.3, -0.25) is 0 Å². The smallest absolute Gasteiger partial charge is 0.152 e. The van der Waals surface area contributed by atoms with Gasteiger partial charge >= 0.3 is 0 Å². The Balaban J connectivity index is 1.47. The highest BCUT2D eigenvalue weighted by Crippen LogP contribution is 2.26. The summed E-state index contributed by atoms with van der Waals surface area (Å²) in [4.78, 5) is 0. The van der Waals surface area contributed by atoms with Crippen molar-refractivity contribution in [2.24, 2.45) is 0 Å².